The lowest BCUT2D eigenvalue weighted by Crippen LogP contribution is -2.11. The Kier molecular flexibility index (Phi) is 5.26. The van der Waals surface area contributed by atoms with Crippen molar-refractivity contribution in [2.45, 2.75) is 13.8 Å². The van der Waals surface area contributed by atoms with E-state index in [9.17, 15) is 9.59 Å². The summed E-state index contributed by atoms with van der Waals surface area (Å²) in [6, 6.07) is 7.84. The molecule has 146 valence electrons. The second-order valence-corrected chi connectivity index (χ2v) is 6.12. The second kappa shape index (κ2) is 7.64. The molecule has 28 heavy (non-hydrogen) atoms. The molecule has 0 amide bonds. The van der Waals surface area contributed by atoms with Crippen LogP contribution in [0.4, 0.5) is 0 Å². The Morgan fingerprint density at radius 3 is 2.11 bits per heavy atom. The molecule has 0 N–H and O–H groups in total. The fraction of sp³-hybridized carbons (Fsp3) is 0.238. The predicted molar refractivity (Wildman–Crippen MR) is 103 cm³/mol. The molecule has 1 heterocycles. The number of carbonyl (C=O) groups excluding carboxylic acids is 1. The zero-order valence-corrected chi connectivity index (χ0v) is 16.2. The lowest BCUT2D eigenvalue weighted by atomic mass is 10.1. The molecule has 0 radical (unpaired) electrons. The van der Waals surface area contributed by atoms with Gasteiger partial charge in [-0.25, -0.2) is 9.59 Å². The average molecular weight is 384 g/mol. The molecule has 3 aromatic rings. The van der Waals surface area contributed by atoms with E-state index in [4.69, 9.17) is 23.4 Å². The van der Waals surface area contributed by atoms with Crippen LogP contribution in [0, 0.1) is 13.8 Å². The van der Waals surface area contributed by atoms with E-state index in [0.717, 1.165) is 10.9 Å². The van der Waals surface area contributed by atoms with Crippen molar-refractivity contribution >= 4 is 16.9 Å². The molecule has 0 unspecified atom stereocenters. The molecule has 0 fully saturated rings. The van der Waals surface area contributed by atoms with Crippen LogP contribution >= 0.6 is 0 Å². The van der Waals surface area contributed by atoms with Gasteiger partial charge in [-0.1, -0.05) is 0 Å². The molecule has 0 aliphatic rings. The van der Waals surface area contributed by atoms with Crippen LogP contribution in [0.15, 0.2) is 39.5 Å². The highest BCUT2D eigenvalue weighted by Crippen LogP contribution is 2.38. The van der Waals surface area contributed by atoms with Gasteiger partial charge in [0.25, 0.3) is 0 Å². The molecule has 2 aromatic carbocycles. The number of fused-ring (bicyclic) bond motifs is 1. The molecular formula is C21H20O7. The molecule has 0 spiro atoms. The van der Waals surface area contributed by atoms with Crippen molar-refractivity contribution < 1.29 is 28.2 Å². The first-order valence-electron chi connectivity index (χ1n) is 8.45. The van der Waals surface area contributed by atoms with E-state index in [1.54, 1.807) is 19.1 Å². The van der Waals surface area contributed by atoms with Crippen molar-refractivity contribution in [1.82, 2.24) is 0 Å². The number of ether oxygens (including phenoxy) is 4. The molecule has 0 saturated heterocycles. The highest BCUT2D eigenvalue weighted by Gasteiger charge is 2.20. The van der Waals surface area contributed by atoms with Crippen LogP contribution in [0.3, 0.4) is 0 Å². The van der Waals surface area contributed by atoms with Crippen molar-refractivity contribution in [1.29, 1.82) is 0 Å². The molecule has 1 aromatic heterocycles. The first kappa shape index (κ1) is 19.3. The van der Waals surface area contributed by atoms with Crippen LogP contribution in [0.1, 0.15) is 21.5 Å². The number of carbonyl (C=O) groups is 1. The third kappa shape index (κ3) is 3.38. The average Bonchev–Trinajstić information content (AvgIpc) is 2.69. The first-order chi connectivity index (χ1) is 13.4. The molecule has 7 nitrogen and oxygen atoms in total. The Balaban J connectivity index is 2.02. The monoisotopic (exact) mass is 384 g/mol. The summed E-state index contributed by atoms with van der Waals surface area (Å²) in [4.78, 5) is 24.4. The SMILES string of the molecule is COc1cc(C(=O)Oc2ccc3c(C)cc(=O)oc3c2C)cc(OC)c1OC. The number of esters is 1. The molecule has 0 aliphatic carbocycles. The van der Waals surface area contributed by atoms with Gasteiger partial charge in [0, 0.05) is 17.0 Å². The summed E-state index contributed by atoms with van der Waals surface area (Å²) < 4.78 is 26.6. The number of hydrogen-bond acceptors (Lipinski definition) is 7. The second-order valence-electron chi connectivity index (χ2n) is 6.12. The molecule has 0 atom stereocenters. The Hall–Kier alpha value is -3.48. The fourth-order valence-corrected chi connectivity index (χ4v) is 2.97. The number of hydrogen-bond donors (Lipinski definition) is 0. The number of benzene rings is 2. The normalized spacial score (nSPS) is 10.6. The minimum absolute atomic E-state index is 0.222. The number of methoxy groups -OCH3 is 3. The van der Waals surface area contributed by atoms with Gasteiger partial charge in [0.2, 0.25) is 5.75 Å². The maximum atomic E-state index is 12.7. The summed E-state index contributed by atoms with van der Waals surface area (Å²) in [7, 11) is 4.40. The van der Waals surface area contributed by atoms with Crippen LogP contribution in [0.2, 0.25) is 0 Å². The van der Waals surface area contributed by atoms with Crippen molar-refractivity contribution in [2.24, 2.45) is 0 Å². The summed E-state index contributed by atoms with van der Waals surface area (Å²) in [6.45, 7) is 3.54. The van der Waals surface area contributed by atoms with Crippen LogP contribution < -0.4 is 24.6 Å². The van der Waals surface area contributed by atoms with E-state index < -0.39 is 11.6 Å². The minimum Gasteiger partial charge on any atom is -0.493 e. The molecule has 0 bridgehead atoms. The van der Waals surface area contributed by atoms with Crippen molar-refractivity contribution in [3.63, 3.8) is 0 Å². The van der Waals surface area contributed by atoms with E-state index in [1.807, 2.05) is 6.92 Å². The lowest BCUT2D eigenvalue weighted by Gasteiger charge is -2.14. The Labute approximate surface area is 161 Å². The first-order valence-corrected chi connectivity index (χ1v) is 8.45. The largest absolute Gasteiger partial charge is 0.493 e. The number of rotatable bonds is 5. The molecular weight excluding hydrogens is 364 g/mol. The van der Waals surface area contributed by atoms with Gasteiger partial charge in [0.15, 0.2) is 11.5 Å². The maximum absolute atomic E-state index is 12.7. The van der Waals surface area contributed by atoms with Crippen molar-refractivity contribution in [3.05, 3.63) is 57.4 Å². The van der Waals surface area contributed by atoms with Gasteiger partial charge in [-0.15, -0.1) is 0 Å². The molecule has 0 aliphatic heterocycles. The van der Waals surface area contributed by atoms with E-state index >= 15 is 0 Å². The highest BCUT2D eigenvalue weighted by atomic mass is 16.5. The lowest BCUT2D eigenvalue weighted by molar-refractivity contribution is 0.0733. The van der Waals surface area contributed by atoms with E-state index in [1.165, 1.54) is 39.5 Å². The van der Waals surface area contributed by atoms with Gasteiger partial charge in [0.1, 0.15) is 11.3 Å². The topological polar surface area (TPSA) is 84.2 Å². The van der Waals surface area contributed by atoms with E-state index in [2.05, 4.69) is 0 Å². The summed E-state index contributed by atoms with van der Waals surface area (Å²) in [6.07, 6.45) is 0. The summed E-state index contributed by atoms with van der Waals surface area (Å²) in [5.74, 6) is 0.730. The van der Waals surface area contributed by atoms with Gasteiger partial charge in [0.05, 0.1) is 26.9 Å². The van der Waals surface area contributed by atoms with Gasteiger partial charge in [-0.2, -0.15) is 0 Å². The third-order valence-corrected chi connectivity index (χ3v) is 4.42. The van der Waals surface area contributed by atoms with Crippen LogP contribution in [0.25, 0.3) is 11.0 Å². The zero-order chi connectivity index (χ0) is 20.4. The van der Waals surface area contributed by atoms with Crippen LogP contribution in [-0.2, 0) is 0 Å². The Bertz CT molecular complexity index is 1090. The van der Waals surface area contributed by atoms with E-state index in [0.29, 0.717) is 34.1 Å². The van der Waals surface area contributed by atoms with Gasteiger partial charge >= 0.3 is 11.6 Å². The molecule has 7 heteroatoms. The van der Waals surface area contributed by atoms with Crippen molar-refractivity contribution in [2.75, 3.05) is 21.3 Å². The summed E-state index contributed by atoms with van der Waals surface area (Å²) in [5.41, 5.74) is 1.50. The predicted octanol–water partition coefficient (Wildman–Crippen LogP) is 3.65. The van der Waals surface area contributed by atoms with Crippen LogP contribution in [-0.4, -0.2) is 27.3 Å². The maximum Gasteiger partial charge on any atom is 0.343 e. The highest BCUT2D eigenvalue weighted by molar-refractivity contribution is 5.94. The van der Waals surface area contributed by atoms with Gasteiger partial charge < -0.3 is 23.4 Å². The van der Waals surface area contributed by atoms with Gasteiger partial charge in [-0.3, -0.25) is 0 Å². The Morgan fingerprint density at radius 2 is 1.54 bits per heavy atom. The van der Waals surface area contributed by atoms with E-state index in [-0.39, 0.29) is 5.56 Å². The molecule has 0 saturated carbocycles. The van der Waals surface area contributed by atoms with Crippen molar-refractivity contribution in [3.8, 4) is 23.0 Å². The smallest absolute Gasteiger partial charge is 0.343 e. The quantitative estimate of drug-likeness (QED) is 0.377. The van der Waals surface area contributed by atoms with Crippen LogP contribution in [0.5, 0.6) is 23.0 Å². The third-order valence-electron chi connectivity index (χ3n) is 4.42. The Morgan fingerprint density at radius 1 is 0.893 bits per heavy atom. The minimum atomic E-state index is -0.614. The zero-order valence-electron chi connectivity index (χ0n) is 16.2. The van der Waals surface area contributed by atoms with Gasteiger partial charge in [-0.05, 0) is 43.7 Å². The number of aryl methyl sites for hydroxylation is 2. The molecule has 3 rings (SSSR count). The summed E-state index contributed by atoms with van der Waals surface area (Å²) >= 11 is 0. The fourth-order valence-electron chi connectivity index (χ4n) is 2.97. The summed E-state index contributed by atoms with van der Waals surface area (Å²) in [5, 5.41) is 0.782. The standard InChI is InChI=1S/C21H20O7/c1-11-8-18(22)28-19-12(2)15(7-6-14(11)19)27-21(23)13-9-16(24-3)20(26-5)17(10-13)25-4/h6-10H,1-5H3.